The van der Waals surface area contributed by atoms with E-state index in [0.29, 0.717) is 17.8 Å². The molecule has 0 unspecified atom stereocenters. The summed E-state index contributed by atoms with van der Waals surface area (Å²) in [4.78, 5) is 15.1. The first kappa shape index (κ1) is 16.8. The summed E-state index contributed by atoms with van der Waals surface area (Å²) in [6, 6.07) is 16.5. The van der Waals surface area contributed by atoms with Gasteiger partial charge in [0.15, 0.2) is 0 Å². The van der Waals surface area contributed by atoms with Gasteiger partial charge in [0, 0.05) is 34.7 Å². The van der Waals surface area contributed by atoms with Gasteiger partial charge in [-0.25, -0.2) is 4.79 Å². The minimum absolute atomic E-state index is 0.300. The highest BCUT2D eigenvalue weighted by Crippen LogP contribution is 2.26. The molecule has 0 aliphatic carbocycles. The quantitative estimate of drug-likeness (QED) is 0.602. The second kappa shape index (κ2) is 7.69. The summed E-state index contributed by atoms with van der Waals surface area (Å²) < 4.78 is 1.00. The fraction of sp³-hybridized carbons (Fsp3) is 0.0526. The van der Waals surface area contributed by atoms with Crippen LogP contribution in [-0.2, 0) is 6.54 Å². The van der Waals surface area contributed by atoms with Crippen molar-refractivity contribution in [2.45, 2.75) is 6.54 Å². The molecule has 5 nitrogen and oxygen atoms in total. The number of hydrogen-bond acceptors (Lipinski definition) is 2. The zero-order valence-corrected chi connectivity index (χ0v) is 14.8. The number of aromatic amines is 1. The number of nitrogens with zero attached hydrogens (tertiary/aromatic N) is 1. The van der Waals surface area contributed by atoms with Gasteiger partial charge in [-0.05, 0) is 47.5 Å². The van der Waals surface area contributed by atoms with Crippen molar-refractivity contribution in [3.05, 3.63) is 76.5 Å². The molecule has 0 aliphatic heterocycles. The largest absolute Gasteiger partial charge is 0.367 e. The van der Waals surface area contributed by atoms with Gasteiger partial charge in [0.2, 0.25) is 0 Å². The number of hydrogen-bond donors (Lipinski definition) is 3. The van der Waals surface area contributed by atoms with E-state index in [1.165, 1.54) is 0 Å². The van der Waals surface area contributed by atoms with Crippen molar-refractivity contribution < 1.29 is 4.79 Å². The van der Waals surface area contributed by atoms with Crippen molar-refractivity contribution in [2.75, 3.05) is 5.32 Å². The summed E-state index contributed by atoms with van der Waals surface area (Å²) in [6.07, 6.45) is 3.79. The molecule has 3 rings (SSSR count). The third-order valence-electron chi connectivity index (χ3n) is 3.68. The lowest BCUT2D eigenvalue weighted by Crippen LogP contribution is -2.28. The van der Waals surface area contributed by atoms with Crippen LogP contribution in [0.1, 0.15) is 11.1 Å². The van der Waals surface area contributed by atoms with E-state index >= 15 is 0 Å². The molecule has 1 heterocycles. The number of amides is 2. The number of nitriles is 1. The van der Waals surface area contributed by atoms with Crippen LogP contribution in [0.4, 0.5) is 10.5 Å². The maximum absolute atomic E-state index is 12.1. The predicted octanol–water partition coefficient (Wildman–Crippen LogP) is 4.64. The molecule has 0 fully saturated rings. The number of H-pyrrole nitrogens is 1. The van der Waals surface area contributed by atoms with Crippen molar-refractivity contribution in [2.24, 2.45) is 0 Å². The Balaban J connectivity index is 1.63. The third kappa shape index (κ3) is 4.28. The van der Waals surface area contributed by atoms with E-state index in [9.17, 15) is 4.79 Å². The van der Waals surface area contributed by atoms with Crippen LogP contribution in [0.5, 0.6) is 0 Å². The molecule has 0 saturated heterocycles. The summed E-state index contributed by atoms with van der Waals surface area (Å²) in [6.45, 7) is 0.396. The highest BCUT2D eigenvalue weighted by Gasteiger charge is 2.08. The van der Waals surface area contributed by atoms with Gasteiger partial charge in [-0.3, -0.25) is 0 Å². The first-order valence-electron chi connectivity index (χ1n) is 7.62. The van der Waals surface area contributed by atoms with Gasteiger partial charge in [0.25, 0.3) is 0 Å². The second-order valence-electron chi connectivity index (χ2n) is 5.40. The summed E-state index contributed by atoms with van der Waals surface area (Å²) in [5.41, 5.74) is 4.29. The van der Waals surface area contributed by atoms with Gasteiger partial charge in [-0.15, -0.1) is 0 Å². The number of halogens is 1. The maximum Gasteiger partial charge on any atom is 0.319 e. The first-order valence-corrected chi connectivity index (χ1v) is 8.41. The van der Waals surface area contributed by atoms with Crippen LogP contribution in [0.15, 0.2) is 65.4 Å². The Morgan fingerprint density at radius 2 is 1.96 bits per heavy atom. The van der Waals surface area contributed by atoms with Crippen LogP contribution < -0.4 is 10.6 Å². The first-order chi connectivity index (χ1) is 12.2. The maximum atomic E-state index is 12.1. The van der Waals surface area contributed by atoms with Crippen molar-refractivity contribution in [3.8, 4) is 17.2 Å². The molecule has 0 spiro atoms. The number of urea groups is 1. The third-order valence-corrected chi connectivity index (χ3v) is 4.17. The fourth-order valence-electron chi connectivity index (χ4n) is 2.45. The number of carbonyl (C=O) groups excluding carboxylic acids is 1. The molecule has 0 atom stereocenters. The number of nitrogens with one attached hydrogen (secondary N) is 3. The Morgan fingerprint density at radius 3 is 2.68 bits per heavy atom. The number of carbonyl (C=O) groups is 1. The van der Waals surface area contributed by atoms with Crippen molar-refractivity contribution >= 4 is 27.6 Å². The molecule has 1 aromatic heterocycles. The molecule has 6 heteroatoms. The number of benzene rings is 2. The van der Waals surface area contributed by atoms with Crippen LogP contribution in [0.2, 0.25) is 0 Å². The monoisotopic (exact) mass is 394 g/mol. The molecule has 3 aromatic rings. The van der Waals surface area contributed by atoms with Crippen LogP contribution in [0, 0.1) is 11.3 Å². The van der Waals surface area contributed by atoms with Crippen LogP contribution in [0.25, 0.3) is 11.1 Å². The average molecular weight is 395 g/mol. The molecule has 0 saturated carbocycles. The van der Waals surface area contributed by atoms with Gasteiger partial charge in [-0.1, -0.05) is 28.1 Å². The molecule has 0 aliphatic rings. The molecule has 25 heavy (non-hydrogen) atoms. The minimum atomic E-state index is -0.300. The van der Waals surface area contributed by atoms with E-state index < -0.39 is 0 Å². The van der Waals surface area contributed by atoms with E-state index in [2.05, 4.69) is 31.5 Å². The fourth-order valence-corrected chi connectivity index (χ4v) is 2.85. The zero-order chi connectivity index (χ0) is 17.6. The minimum Gasteiger partial charge on any atom is -0.367 e. The molecule has 124 valence electrons. The highest BCUT2D eigenvalue weighted by molar-refractivity contribution is 9.10. The van der Waals surface area contributed by atoms with Gasteiger partial charge in [0.05, 0.1) is 11.6 Å². The number of aromatic nitrogens is 1. The van der Waals surface area contributed by atoms with E-state index in [1.807, 2.05) is 42.7 Å². The Morgan fingerprint density at radius 1 is 1.16 bits per heavy atom. The van der Waals surface area contributed by atoms with Gasteiger partial charge >= 0.3 is 6.03 Å². The van der Waals surface area contributed by atoms with Crippen LogP contribution >= 0.6 is 15.9 Å². The topological polar surface area (TPSA) is 80.7 Å². The van der Waals surface area contributed by atoms with Crippen molar-refractivity contribution in [3.63, 3.8) is 0 Å². The average Bonchev–Trinajstić information content (AvgIpc) is 3.09. The Hall–Kier alpha value is -3.04. The highest BCUT2D eigenvalue weighted by atomic mass is 79.9. The smallest absolute Gasteiger partial charge is 0.319 e. The van der Waals surface area contributed by atoms with Gasteiger partial charge in [-0.2, -0.15) is 5.26 Å². The zero-order valence-electron chi connectivity index (χ0n) is 13.2. The molecule has 3 N–H and O–H groups in total. The molecular formula is C19H15BrN4O. The molecule has 0 radical (unpaired) electrons. The lowest BCUT2D eigenvalue weighted by atomic mass is 10.1. The number of anilines is 1. The predicted molar refractivity (Wildman–Crippen MR) is 101 cm³/mol. The van der Waals surface area contributed by atoms with Crippen LogP contribution in [0.3, 0.4) is 0 Å². The van der Waals surface area contributed by atoms with E-state index in [1.54, 1.807) is 24.3 Å². The van der Waals surface area contributed by atoms with Gasteiger partial charge in [0.1, 0.15) is 0 Å². The van der Waals surface area contributed by atoms with E-state index in [4.69, 9.17) is 5.26 Å². The van der Waals surface area contributed by atoms with E-state index in [-0.39, 0.29) is 6.03 Å². The molecule has 2 aromatic carbocycles. The summed E-state index contributed by atoms with van der Waals surface area (Å²) in [5.74, 6) is 0. The number of rotatable bonds is 4. The Labute approximate surface area is 153 Å². The lowest BCUT2D eigenvalue weighted by Gasteiger charge is -2.09. The summed E-state index contributed by atoms with van der Waals surface area (Å²) >= 11 is 3.47. The Kier molecular flexibility index (Phi) is 5.17. The SMILES string of the molecule is N#Cc1ccc(NC(=O)NCc2c[nH]cc2-c2cccc(Br)c2)cc1. The molecule has 0 bridgehead atoms. The normalized spacial score (nSPS) is 10.1. The van der Waals surface area contributed by atoms with Crippen LogP contribution in [-0.4, -0.2) is 11.0 Å². The second-order valence-corrected chi connectivity index (χ2v) is 6.32. The van der Waals surface area contributed by atoms with Crippen molar-refractivity contribution in [1.29, 1.82) is 5.26 Å². The molecular weight excluding hydrogens is 380 g/mol. The summed E-state index contributed by atoms with van der Waals surface area (Å²) in [5, 5.41) is 14.4. The Bertz CT molecular complexity index is 925. The van der Waals surface area contributed by atoms with Crippen molar-refractivity contribution in [1.82, 2.24) is 10.3 Å². The lowest BCUT2D eigenvalue weighted by molar-refractivity contribution is 0.252. The standard InChI is InChI=1S/C19H15BrN4O/c20-16-3-1-2-14(8-16)18-12-22-10-15(18)11-23-19(25)24-17-6-4-13(9-21)5-7-17/h1-8,10,12,22H,11H2,(H2,23,24,25). The summed E-state index contributed by atoms with van der Waals surface area (Å²) in [7, 11) is 0. The molecule has 2 amide bonds. The van der Waals surface area contributed by atoms with Gasteiger partial charge < -0.3 is 15.6 Å². The van der Waals surface area contributed by atoms with E-state index in [0.717, 1.165) is 21.2 Å².